The van der Waals surface area contributed by atoms with Crippen molar-refractivity contribution in [3.63, 3.8) is 0 Å². The number of aliphatic carboxylic acids is 1. The van der Waals surface area contributed by atoms with E-state index in [0.29, 0.717) is 6.42 Å². The maximum Gasteiger partial charge on any atom is 0.303 e. The topological polar surface area (TPSA) is 37.3 Å². The predicted molar refractivity (Wildman–Crippen MR) is 37.5 cm³/mol. The van der Waals surface area contributed by atoms with Crippen molar-refractivity contribution in [2.24, 2.45) is 0 Å². The SMILES string of the molecule is O=C(O)CCCC[PH3+].[I-]. The molecule has 0 amide bonds. The van der Waals surface area contributed by atoms with E-state index < -0.39 is 5.97 Å². The Hall–Kier alpha value is 0.630. The van der Waals surface area contributed by atoms with Crippen LogP contribution in [-0.4, -0.2) is 17.2 Å². The van der Waals surface area contributed by atoms with Crippen molar-refractivity contribution in [1.29, 1.82) is 0 Å². The molecule has 0 rings (SSSR count). The second-order valence-electron chi connectivity index (χ2n) is 1.70. The third-order valence-electron chi connectivity index (χ3n) is 0.891. The molecule has 1 unspecified atom stereocenters. The molecular weight excluding hydrogens is 250 g/mol. The Morgan fingerprint density at radius 1 is 1.44 bits per heavy atom. The summed E-state index contributed by atoms with van der Waals surface area (Å²) in [5.74, 6) is -0.679. The molecule has 9 heavy (non-hydrogen) atoms. The van der Waals surface area contributed by atoms with Crippen molar-refractivity contribution in [3.8, 4) is 0 Å². The Labute approximate surface area is 74.6 Å². The van der Waals surface area contributed by atoms with Crippen LogP contribution >= 0.6 is 9.24 Å². The minimum absolute atomic E-state index is 0. The molecule has 0 aromatic carbocycles. The predicted octanol–water partition coefficient (Wildman–Crippen LogP) is -2.15. The van der Waals surface area contributed by atoms with Crippen molar-refractivity contribution in [2.45, 2.75) is 19.3 Å². The molecule has 0 aliphatic heterocycles. The fraction of sp³-hybridized carbons (Fsp3) is 0.800. The van der Waals surface area contributed by atoms with E-state index in [1.165, 1.54) is 0 Å². The molecule has 0 fully saturated rings. The molecule has 0 heterocycles. The van der Waals surface area contributed by atoms with Crippen LogP contribution in [0.1, 0.15) is 19.3 Å². The third kappa shape index (κ3) is 12.0. The molecule has 0 bridgehead atoms. The minimum Gasteiger partial charge on any atom is -1.00 e. The Balaban J connectivity index is 0. The molecule has 0 aliphatic carbocycles. The molecule has 1 N–H and O–H groups in total. The lowest BCUT2D eigenvalue weighted by Crippen LogP contribution is -3.00. The number of hydrogen-bond acceptors (Lipinski definition) is 1. The Bertz CT molecular complexity index is 77.4. The van der Waals surface area contributed by atoms with Crippen LogP contribution in [0.25, 0.3) is 0 Å². The second-order valence-corrected chi connectivity index (χ2v) is 2.41. The summed E-state index contributed by atoms with van der Waals surface area (Å²) in [6.07, 6.45) is 3.33. The molecule has 0 aromatic rings. The molecule has 0 saturated carbocycles. The van der Waals surface area contributed by atoms with Gasteiger partial charge in [-0.25, -0.2) is 0 Å². The van der Waals surface area contributed by atoms with Gasteiger partial charge >= 0.3 is 5.97 Å². The maximum atomic E-state index is 9.88. The van der Waals surface area contributed by atoms with Crippen molar-refractivity contribution < 1.29 is 33.9 Å². The molecule has 0 radical (unpaired) electrons. The van der Waals surface area contributed by atoms with Crippen molar-refractivity contribution in [3.05, 3.63) is 0 Å². The van der Waals surface area contributed by atoms with Gasteiger partial charge in [-0.1, -0.05) is 0 Å². The fourth-order valence-corrected chi connectivity index (χ4v) is 0.807. The molecule has 0 spiro atoms. The Kier molecular flexibility index (Phi) is 11.8. The summed E-state index contributed by atoms with van der Waals surface area (Å²) in [6.45, 7) is 0. The summed E-state index contributed by atoms with van der Waals surface area (Å²) in [5.41, 5.74) is 0. The van der Waals surface area contributed by atoms with Crippen molar-refractivity contribution in [1.82, 2.24) is 0 Å². The van der Waals surface area contributed by atoms with Crippen LogP contribution in [0.5, 0.6) is 0 Å². The summed E-state index contributed by atoms with van der Waals surface area (Å²) in [6, 6.07) is 0. The highest BCUT2D eigenvalue weighted by molar-refractivity contribution is 7.16. The van der Waals surface area contributed by atoms with Gasteiger partial charge in [0, 0.05) is 6.42 Å². The number of carbonyl (C=O) groups is 1. The summed E-state index contributed by atoms with van der Waals surface area (Å²) >= 11 is 0. The summed E-state index contributed by atoms with van der Waals surface area (Å²) in [4.78, 5) is 9.88. The smallest absolute Gasteiger partial charge is 0.303 e. The van der Waals surface area contributed by atoms with E-state index >= 15 is 0 Å². The largest absolute Gasteiger partial charge is 1.00 e. The van der Waals surface area contributed by atoms with Gasteiger partial charge < -0.3 is 29.1 Å². The molecule has 2 nitrogen and oxygen atoms in total. The van der Waals surface area contributed by atoms with Gasteiger partial charge in [0.05, 0.1) is 6.16 Å². The van der Waals surface area contributed by atoms with Crippen LogP contribution in [0.2, 0.25) is 0 Å². The standard InChI is InChI=1S/C5H11O2P.HI/c6-5(7)3-1-2-4-8;/h1-4,8H2,(H,6,7);1H. The quantitative estimate of drug-likeness (QED) is 0.356. The van der Waals surface area contributed by atoms with Gasteiger partial charge in [-0.3, -0.25) is 4.79 Å². The highest BCUT2D eigenvalue weighted by atomic mass is 127. The first-order valence-electron chi connectivity index (χ1n) is 2.78. The number of hydrogen-bond donors (Lipinski definition) is 1. The molecule has 56 valence electrons. The summed E-state index contributed by atoms with van der Waals surface area (Å²) < 4.78 is 0. The van der Waals surface area contributed by atoms with E-state index in [-0.39, 0.29) is 24.0 Å². The maximum absolute atomic E-state index is 9.88. The van der Waals surface area contributed by atoms with Crippen LogP contribution in [0.15, 0.2) is 0 Å². The van der Waals surface area contributed by atoms with Gasteiger partial charge in [0.2, 0.25) is 0 Å². The number of unbranched alkanes of at least 4 members (excludes halogenated alkanes) is 1. The molecule has 0 aromatic heterocycles. The zero-order chi connectivity index (χ0) is 6.41. The van der Waals surface area contributed by atoms with Gasteiger partial charge in [-0.15, -0.1) is 0 Å². The van der Waals surface area contributed by atoms with E-state index in [0.717, 1.165) is 19.0 Å². The lowest BCUT2D eigenvalue weighted by atomic mass is 10.3. The zero-order valence-corrected chi connectivity index (χ0v) is 8.84. The van der Waals surface area contributed by atoms with Crippen molar-refractivity contribution >= 4 is 15.2 Å². The molecule has 0 saturated heterocycles. The third-order valence-corrected chi connectivity index (χ3v) is 1.39. The zero-order valence-electron chi connectivity index (χ0n) is 5.27. The van der Waals surface area contributed by atoms with E-state index in [9.17, 15) is 4.79 Å². The number of carboxylic acid groups (broad SMARTS) is 1. The van der Waals surface area contributed by atoms with Crippen LogP contribution in [-0.2, 0) is 4.79 Å². The average molecular weight is 262 g/mol. The number of halogens is 1. The number of rotatable bonds is 4. The van der Waals surface area contributed by atoms with E-state index in [1.807, 2.05) is 9.24 Å². The van der Waals surface area contributed by atoms with Crippen molar-refractivity contribution in [2.75, 3.05) is 6.16 Å². The van der Waals surface area contributed by atoms with Crippen LogP contribution < -0.4 is 24.0 Å². The van der Waals surface area contributed by atoms with Gasteiger partial charge in [-0.05, 0) is 22.1 Å². The summed E-state index contributed by atoms with van der Waals surface area (Å²) in [5, 5.41) is 8.14. The lowest BCUT2D eigenvalue weighted by Gasteiger charge is -1.87. The van der Waals surface area contributed by atoms with Gasteiger partial charge in [0.15, 0.2) is 0 Å². The van der Waals surface area contributed by atoms with E-state index in [2.05, 4.69) is 0 Å². The minimum atomic E-state index is -0.679. The normalized spacial score (nSPS) is 8.44. The lowest BCUT2D eigenvalue weighted by molar-refractivity contribution is -0.137. The first-order chi connectivity index (χ1) is 3.77. The fourth-order valence-electron chi connectivity index (χ4n) is 0.453. The second kappa shape index (κ2) is 8.63. The Morgan fingerprint density at radius 2 is 2.00 bits per heavy atom. The monoisotopic (exact) mass is 262 g/mol. The highest BCUT2D eigenvalue weighted by Gasteiger charge is 1.93. The Morgan fingerprint density at radius 3 is 2.33 bits per heavy atom. The van der Waals surface area contributed by atoms with Gasteiger partial charge in [0.1, 0.15) is 0 Å². The first kappa shape index (κ1) is 12.3. The van der Waals surface area contributed by atoms with Crippen LogP contribution in [0.4, 0.5) is 0 Å². The molecular formula is C5H12IO2P. The van der Waals surface area contributed by atoms with Gasteiger partial charge in [-0.2, -0.15) is 0 Å². The average Bonchev–Trinajstić information content (AvgIpc) is 1.66. The molecule has 1 atom stereocenters. The number of carboxylic acids is 1. The van der Waals surface area contributed by atoms with Crippen LogP contribution in [0.3, 0.4) is 0 Å². The van der Waals surface area contributed by atoms with E-state index in [4.69, 9.17) is 5.11 Å². The van der Waals surface area contributed by atoms with Crippen LogP contribution in [0, 0.1) is 0 Å². The van der Waals surface area contributed by atoms with Gasteiger partial charge in [0.25, 0.3) is 0 Å². The first-order valence-corrected chi connectivity index (χ1v) is 3.78. The summed E-state index contributed by atoms with van der Waals surface area (Å²) in [7, 11) is 1.89. The van der Waals surface area contributed by atoms with E-state index in [1.54, 1.807) is 0 Å². The highest BCUT2D eigenvalue weighted by Crippen LogP contribution is 1.97. The molecule has 4 heteroatoms. The molecule has 0 aliphatic rings.